The lowest BCUT2D eigenvalue weighted by Crippen LogP contribution is -2.01. The van der Waals surface area contributed by atoms with Crippen LogP contribution in [-0.2, 0) is 0 Å². The van der Waals surface area contributed by atoms with Crippen molar-refractivity contribution in [3.8, 4) is 5.75 Å². The molecule has 0 aliphatic rings. The molecule has 0 N–H and O–H groups in total. The average Bonchev–Trinajstić information content (AvgIpc) is 2.29. The standard InChI is InChI=1S/C10H10ClNO4/c11-4-1-5-16-10-3-2-8(7-13)6-9(10)12(14)15/h2-3,6-7H,1,4-5H2. The van der Waals surface area contributed by atoms with Gasteiger partial charge < -0.3 is 4.74 Å². The van der Waals surface area contributed by atoms with E-state index in [0.717, 1.165) is 0 Å². The summed E-state index contributed by atoms with van der Waals surface area (Å²) in [5, 5.41) is 10.7. The number of benzene rings is 1. The first kappa shape index (κ1) is 12.4. The van der Waals surface area contributed by atoms with E-state index >= 15 is 0 Å². The lowest BCUT2D eigenvalue weighted by Gasteiger charge is -2.05. The fourth-order valence-corrected chi connectivity index (χ4v) is 1.22. The Morgan fingerprint density at radius 1 is 1.50 bits per heavy atom. The predicted octanol–water partition coefficient (Wildman–Crippen LogP) is 2.42. The van der Waals surface area contributed by atoms with Crippen molar-refractivity contribution in [1.29, 1.82) is 0 Å². The number of carbonyl (C=O) groups excluding carboxylic acids is 1. The van der Waals surface area contributed by atoms with Crippen molar-refractivity contribution in [3.05, 3.63) is 33.9 Å². The molecule has 0 aliphatic heterocycles. The van der Waals surface area contributed by atoms with Crippen molar-refractivity contribution in [2.45, 2.75) is 6.42 Å². The number of nitrogens with zero attached hydrogens (tertiary/aromatic N) is 1. The van der Waals surface area contributed by atoms with Gasteiger partial charge in [-0.2, -0.15) is 0 Å². The second-order valence-electron chi connectivity index (χ2n) is 2.99. The quantitative estimate of drug-likeness (QED) is 0.253. The molecule has 0 atom stereocenters. The van der Waals surface area contributed by atoms with E-state index in [-0.39, 0.29) is 17.0 Å². The number of aldehydes is 1. The van der Waals surface area contributed by atoms with Gasteiger partial charge in [0.2, 0.25) is 0 Å². The molecule has 0 unspecified atom stereocenters. The maximum Gasteiger partial charge on any atom is 0.311 e. The number of alkyl halides is 1. The zero-order valence-corrected chi connectivity index (χ0v) is 9.14. The molecule has 0 heterocycles. The number of hydrogen-bond acceptors (Lipinski definition) is 4. The third kappa shape index (κ3) is 3.20. The van der Waals surface area contributed by atoms with Crippen LogP contribution in [0.4, 0.5) is 5.69 Å². The van der Waals surface area contributed by atoms with Gasteiger partial charge in [0, 0.05) is 17.5 Å². The van der Waals surface area contributed by atoms with Gasteiger partial charge in [-0.1, -0.05) is 0 Å². The molecule has 16 heavy (non-hydrogen) atoms. The highest BCUT2D eigenvalue weighted by Gasteiger charge is 2.15. The lowest BCUT2D eigenvalue weighted by molar-refractivity contribution is -0.385. The van der Waals surface area contributed by atoms with Crippen molar-refractivity contribution < 1.29 is 14.5 Å². The monoisotopic (exact) mass is 243 g/mol. The van der Waals surface area contributed by atoms with Gasteiger partial charge in [-0.3, -0.25) is 14.9 Å². The van der Waals surface area contributed by atoms with Crippen LogP contribution in [0, 0.1) is 10.1 Å². The summed E-state index contributed by atoms with van der Waals surface area (Å²) in [7, 11) is 0. The summed E-state index contributed by atoms with van der Waals surface area (Å²) in [6.45, 7) is 0.310. The molecule has 0 aromatic heterocycles. The topological polar surface area (TPSA) is 69.4 Å². The van der Waals surface area contributed by atoms with Crippen LogP contribution in [-0.4, -0.2) is 23.7 Å². The minimum Gasteiger partial charge on any atom is -0.487 e. The molecule has 0 fully saturated rings. The summed E-state index contributed by atoms with van der Waals surface area (Å²) in [5.41, 5.74) is 0.0376. The van der Waals surface area contributed by atoms with Crippen LogP contribution >= 0.6 is 11.6 Å². The molecule has 0 saturated carbocycles. The van der Waals surface area contributed by atoms with E-state index in [1.165, 1.54) is 18.2 Å². The number of nitro benzene ring substituents is 1. The van der Waals surface area contributed by atoms with Crippen molar-refractivity contribution >= 4 is 23.6 Å². The normalized spacial score (nSPS) is 9.81. The second kappa shape index (κ2) is 6.07. The third-order valence-corrected chi connectivity index (χ3v) is 2.12. The van der Waals surface area contributed by atoms with Gasteiger partial charge in [0.1, 0.15) is 6.29 Å². The highest BCUT2D eigenvalue weighted by molar-refractivity contribution is 6.17. The number of rotatable bonds is 6. The van der Waals surface area contributed by atoms with Crippen LogP contribution in [0.2, 0.25) is 0 Å². The van der Waals surface area contributed by atoms with Crippen molar-refractivity contribution in [1.82, 2.24) is 0 Å². The Hall–Kier alpha value is -1.62. The molecule has 0 saturated heterocycles. The minimum atomic E-state index is -0.580. The molecule has 0 spiro atoms. The van der Waals surface area contributed by atoms with Gasteiger partial charge >= 0.3 is 5.69 Å². The SMILES string of the molecule is O=Cc1ccc(OCCCCl)c([N+](=O)[O-])c1. The van der Waals surface area contributed by atoms with Gasteiger partial charge in [-0.05, 0) is 18.6 Å². The zero-order valence-electron chi connectivity index (χ0n) is 8.39. The summed E-state index contributed by atoms with van der Waals surface area (Å²) in [4.78, 5) is 20.6. The van der Waals surface area contributed by atoms with E-state index in [0.29, 0.717) is 25.2 Å². The van der Waals surface area contributed by atoms with E-state index < -0.39 is 4.92 Å². The Kier molecular flexibility index (Phi) is 4.72. The first-order valence-corrected chi connectivity index (χ1v) is 5.15. The molecule has 0 radical (unpaired) electrons. The summed E-state index contributed by atoms with van der Waals surface area (Å²) in [6.07, 6.45) is 1.16. The minimum absolute atomic E-state index is 0.153. The lowest BCUT2D eigenvalue weighted by atomic mass is 10.2. The van der Waals surface area contributed by atoms with Gasteiger partial charge in [-0.25, -0.2) is 0 Å². The molecule has 6 heteroatoms. The zero-order chi connectivity index (χ0) is 12.0. The molecule has 86 valence electrons. The van der Waals surface area contributed by atoms with E-state index in [1.54, 1.807) is 0 Å². The third-order valence-electron chi connectivity index (χ3n) is 1.85. The van der Waals surface area contributed by atoms with Crippen molar-refractivity contribution in [2.75, 3.05) is 12.5 Å². The summed E-state index contributed by atoms with van der Waals surface area (Å²) in [6, 6.07) is 4.06. The van der Waals surface area contributed by atoms with Crippen LogP contribution in [0.1, 0.15) is 16.8 Å². The fourth-order valence-electron chi connectivity index (χ4n) is 1.11. The summed E-state index contributed by atoms with van der Waals surface area (Å²) >= 11 is 5.46. The Balaban J connectivity index is 2.89. The van der Waals surface area contributed by atoms with Gasteiger partial charge in [0.05, 0.1) is 11.5 Å². The molecule has 1 aromatic rings. The maximum absolute atomic E-state index is 10.7. The van der Waals surface area contributed by atoms with E-state index in [4.69, 9.17) is 16.3 Å². The van der Waals surface area contributed by atoms with Gasteiger partial charge in [-0.15, -0.1) is 11.6 Å². The number of hydrogen-bond donors (Lipinski definition) is 0. The number of nitro groups is 1. The van der Waals surface area contributed by atoms with Crippen LogP contribution < -0.4 is 4.74 Å². The Morgan fingerprint density at radius 3 is 2.81 bits per heavy atom. The molecular weight excluding hydrogens is 234 g/mol. The fraction of sp³-hybridized carbons (Fsp3) is 0.300. The van der Waals surface area contributed by atoms with Crippen molar-refractivity contribution in [2.24, 2.45) is 0 Å². The summed E-state index contributed by atoms with van der Waals surface area (Å²) in [5.74, 6) is 0.584. The molecule has 0 bridgehead atoms. The van der Waals surface area contributed by atoms with Crippen molar-refractivity contribution in [3.63, 3.8) is 0 Å². The van der Waals surface area contributed by atoms with Crippen LogP contribution in [0.15, 0.2) is 18.2 Å². The molecule has 0 amide bonds. The Morgan fingerprint density at radius 2 is 2.25 bits per heavy atom. The molecule has 1 rings (SSSR count). The molecule has 5 nitrogen and oxygen atoms in total. The largest absolute Gasteiger partial charge is 0.487 e. The van der Waals surface area contributed by atoms with E-state index in [2.05, 4.69) is 0 Å². The smallest absolute Gasteiger partial charge is 0.311 e. The van der Waals surface area contributed by atoms with E-state index in [9.17, 15) is 14.9 Å². The van der Waals surface area contributed by atoms with Crippen LogP contribution in [0.3, 0.4) is 0 Å². The Bertz CT molecular complexity index is 394. The van der Waals surface area contributed by atoms with Gasteiger partial charge in [0.15, 0.2) is 5.75 Å². The number of ether oxygens (including phenoxy) is 1. The second-order valence-corrected chi connectivity index (χ2v) is 3.37. The van der Waals surface area contributed by atoms with E-state index in [1.807, 2.05) is 0 Å². The highest BCUT2D eigenvalue weighted by Crippen LogP contribution is 2.27. The maximum atomic E-state index is 10.7. The first-order valence-electron chi connectivity index (χ1n) is 4.61. The highest BCUT2D eigenvalue weighted by atomic mass is 35.5. The van der Waals surface area contributed by atoms with Crippen LogP contribution in [0.25, 0.3) is 0 Å². The molecular formula is C10H10ClNO4. The Labute approximate surface area is 97.1 Å². The summed E-state index contributed by atoms with van der Waals surface area (Å²) < 4.78 is 5.20. The number of carbonyl (C=O) groups is 1. The van der Waals surface area contributed by atoms with Crippen LogP contribution in [0.5, 0.6) is 5.75 Å². The van der Waals surface area contributed by atoms with Gasteiger partial charge in [0.25, 0.3) is 0 Å². The number of halogens is 1. The molecule has 0 aliphatic carbocycles. The first-order chi connectivity index (χ1) is 7.69. The molecule has 1 aromatic carbocycles. The average molecular weight is 244 g/mol. The predicted molar refractivity (Wildman–Crippen MR) is 59.3 cm³/mol.